The molecule has 3 aromatic rings. The molecule has 2 aromatic heterocycles. The number of hydrogen-bond donors (Lipinski definition) is 1. The Balaban J connectivity index is 2.21. The molecule has 0 aliphatic heterocycles. The van der Waals surface area contributed by atoms with Crippen LogP contribution in [0.15, 0.2) is 37.9 Å². The maximum Gasteiger partial charge on any atom is 0.347 e. The van der Waals surface area contributed by atoms with Gasteiger partial charge in [0.2, 0.25) is 5.88 Å². The molecule has 0 aliphatic rings. The van der Waals surface area contributed by atoms with E-state index in [4.69, 9.17) is 8.83 Å². The van der Waals surface area contributed by atoms with Gasteiger partial charge in [-0.2, -0.15) is 0 Å². The Bertz CT molecular complexity index is 955. The van der Waals surface area contributed by atoms with Crippen LogP contribution in [0.5, 0.6) is 0 Å². The van der Waals surface area contributed by atoms with Crippen LogP contribution in [0.4, 0.5) is 5.88 Å². The van der Waals surface area contributed by atoms with Crippen LogP contribution < -0.4 is 10.9 Å². The van der Waals surface area contributed by atoms with Gasteiger partial charge >= 0.3 is 5.63 Å². The van der Waals surface area contributed by atoms with Crippen LogP contribution in [-0.2, 0) is 0 Å². The van der Waals surface area contributed by atoms with Crippen LogP contribution >= 0.6 is 0 Å². The van der Waals surface area contributed by atoms with Crippen molar-refractivity contribution in [2.45, 2.75) is 53.5 Å². The lowest BCUT2D eigenvalue weighted by atomic mass is 9.82. The van der Waals surface area contributed by atoms with Crippen molar-refractivity contribution in [3.05, 3.63) is 40.4 Å². The zero-order valence-corrected chi connectivity index (χ0v) is 15.2. The van der Waals surface area contributed by atoms with Gasteiger partial charge in [0.1, 0.15) is 16.7 Å². The van der Waals surface area contributed by atoms with Gasteiger partial charge < -0.3 is 14.2 Å². The summed E-state index contributed by atoms with van der Waals surface area (Å²) in [7, 11) is 0. The highest BCUT2D eigenvalue weighted by atomic mass is 16.4. The van der Waals surface area contributed by atoms with E-state index in [0.29, 0.717) is 22.6 Å². The summed E-state index contributed by atoms with van der Waals surface area (Å²) in [5.74, 6) is 1.22. The summed E-state index contributed by atoms with van der Waals surface area (Å²) in [5, 5.41) is 5.72. The topological polar surface area (TPSA) is 55.4 Å². The molecular weight excluding hydrogens is 302 g/mol. The van der Waals surface area contributed by atoms with Crippen molar-refractivity contribution in [1.29, 1.82) is 0 Å². The summed E-state index contributed by atoms with van der Waals surface area (Å²) in [4.78, 5) is 12.4. The van der Waals surface area contributed by atoms with Gasteiger partial charge in [0.25, 0.3) is 0 Å². The van der Waals surface area contributed by atoms with Crippen LogP contribution in [0.3, 0.4) is 0 Å². The van der Waals surface area contributed by atoms with Gasteiger partial charge in [-0.05, 0) is 38.7 Å². The first-order valence-corrected chi connectivity index (χ1v) is 8.31. The molecule has 4 nitrogen and oxygen atoms in total. The molecule has 2 heterocycles. The van der Waals surface area contributed by atoms with Crippen molar-refractivity contribution in [2.24, 2.45) is 5.41 Å². The second-order valence-corrected chi connectivity index (χ2v) is 8.37. The monoisotopic (exact) mass is 327 g/mol. The lowest BCUT2D eigenvalue weighted by molar-refractivity contribution is 0.299. The number of hydrogen-bond acceptors (Lipinski definition) is 4. The van der Waals surface area contributed by atoms with E-state index in [1.807, 2.05) is 24.3 Å². The molecule has 24 heavy (non-hydrogen) atoms. The molecule has 4 heteroatoms. The van der Waals surface area contributed by atoms with Crippen LogP contribution in [0.1, 0.15) is 46.8 Å². The molecule has 0 amide bonds. The number of furan rings is 1. The number of benzene rings is 1. The van der Waals surface area contributed by atoms with Gasteiger partial charge in [0.05, 0.1) is 5.39 Å². The van der Waals surface area contributed by atoms with Crippen molar-refractivity contribution < 1.29 is 8.83 Å². The Morgan fingerprint density at radius 3 is 2.33 bits per heavy atom. The smallest absolute Gasteiger partial charge is 0.347 e. The molecule has 0 bridgehead atoms. The fourth-order valence-corrected chi connectivity index (χ4v) is 3.73. The van der Waals surface area contributed by atoms with E-state index >= 15 is 0 Å². The Kier molecular flexibility index (Phi) is 3.74. The minimum absolute atomic E-state index is 0.174. The summed E-state index contributed by atoms with van der Waals surface area (Å²) >= 11 is 0. The second-order valence-electron chi connectivity index (χ2n) is 8.37. The van der Waals surface area contributed by atoms with Gasteiger partial charge in [0, 0.05) is 10.9 Å². The molecule has 1 aromatic carbocycles. The number of anilines is 1. The van der Waals surface area contributed by atoms with Crippen LogP contribution in [0, 0.1) is 12.3 Å². The van der Waals surface area contributed by atoms with Crippen molar-refractivity contribution in [1.82, 2.24) is 0 Å². The van der Waals surface area contributed by atoms with Crippen molar-refractivity contribution in [3.8, 4) is 0 Å². The van der Waals surface area contributed by atoms with Gasteiger partial charge in [-0.15, -0.1) is 0 Å². The molecule has 0 radical (unpaired) electrons. The first kappa shape index (κ1) is 16.6. The van der Waals surface area contributed by atoms with Gasteiger partial charge in [-0.25, -0.2) is 4.79 Å². The third-order valence-electron chi connectivity index (χ3n) is 4.07. The average Bonchev–Trinajstić information content (AvgIpc) is 2.73. The molecular formula is C20H25NO3. The van der Waals surface area contributed by atoms with E-state index in [1.165, 1.54) is 0 Å². The number of rotatable bonds is 3. The summed E-state index contributed by atoms with van der Waals surface area (Å²) < 4.78 is 11.4. The highest BCUT2D eigenvalue weighted by Crippen LogP contribution is 2.37. The Morgan fingerprint density at radius 1 is 1.00 bits per heavy atom. The lowest BCUT2D eigenvalue weighted by Gasteiger charge is -2.33. The summed E-state index contributed by atoms with van der Waals surface area (Å²) in [6.07, 6.45) is 0.959. The fraction of sp³-hybridized carbons (Fsp3) is 0.450. The molecule has 0 atom stereocenters. The third-order valence-corrected chi connectivity index (χ3v) is 4.07. The summed E-state index contributed by atoms with van der Waals surface area (Å²) in [6.45, 7) is 12.7. The van der Waals surface area contributed by atoms with Crippen LogP contribution in [0.2, 0.25) is 0 Å². The van der Waals surface area contributed by atoms with Crippen molar-refractivity contribution in [3.63, 3.8) is 0 Å². The molecule has 3 rings (SSSR count). The van der Waals surface area contributed by atoms with E-state index in [2.05, 4.69) is 39.9 Å². The molecule has 0 unspecified atom stereocenters. The molecule has 128 valence electrons. The highest BCUT2D eigenvalue weighted by molar-refractivity contribution is 6.10. The third kappa shape index (κ3) is 3.05. The standard InChI is InChI=1S/C20H25NO3/c1-12-15-16(13-9-7-8-10-14(13)24-18(15)22)17(23-12)21-20(5,6)11-19(2,3)4/h7-10,21H,11H2,1-6H3. The van der Waals surface area contributed by atoms with E-state index in [-0.39, 0.29) is 16.6 Å². The van der Waals surface area contributed by atoms with E-state index in [9.17, 15) is 4.79 Å². The van der Waals surface area contributed by atoms with Gasteiger partial charge in [-0.1, -0.05) is 39.0 Å². The van der Waals surface area contributed by atoms with Gasteiger partial charge in [-0.3, -0.25) is 0 Å². The molecule has 0 saturated heterocycles. The molecule has 0 aliphatic carbocycles. The van der Waals surface area contributed by atoms with Gasteiger partial charge in [0.15, 0.2) is 0 Å². The number of para-hydroxylation sites is 1. The first-order chi connectivity index (χ1) is 11.1. The quantitative estimate of drug-likeness (QED) is 0.648. The predicted molar refractivity (Wildman–Crippen MR) is 98.8 cm³/mol. The van der Waals surface area contributed by atoms with E-state index < -0.39 is 0 Å². The number of fused-ring (bicyclic) bond motifs is 3. The Labute approximate surface area is 141 Å². The van der Waals surface area contributed by atoms with E-state index in [0.717, 1.165) is 17.2 Å². The minimum atomic E-state index is -0.355. The summed E-state index contributed by atoms with van der Waals surface area (Å²) in [6, 6.07) is 7.56. The molecule has 0 fully saturated rings. The van der Waals surface area contributed by atoms with Crippen molar-refractivity contribution in [2.75, 3.05) is 5.32 Å². The maximum atomic E-state index is 12.4. The van der Waals surface area contributed by atoms with Crippen LogP contribution in [-0.4, -0.2) is 5.54 Å². The largest absolute Gasteiger partial charge is 0.444 e. The Morgan fingerprint density at radius 2 is 1.67 bits per heavy atom. The number of nitrogens with one attached hydrogen (secondary N) is 1. The first-order valence-electron chi connectivity index (χ1n) is 8.31. The SMILES string of the molecule is Cc1oc(NC(C)(C)CC(C)(C)C)c2c1c(=O)oc1ccccc12. The van der Waals surface area contributed by atoms with E-state index in [1.54, 1.807) is 6.92 Å². The Hall–Kier alpha value is -2.23. The van der Waals surface area contributed by atoms with Crippen molar-refractivity contribution >= 4 is 27.6 Å². The zero-order valence-electron chi connectivity index (χ0n) is 15.2. The molecule has 0 saturated carbocycles. The molecule has 0 spiro atoms. The zero-order chi connectivity index (χ0) is 17.7. The molecule has 1 N–H and O–H groups in total. The lowest BCUT2D eigenvalue weighted by Crippen LogP contribution is -2.35. The fourth-order valence-electron chi connectivity index (χ4n) is 3.73. The summed E-state index contributed by atoms with van der Waals surface area (Å²) in [5.41, 5.74) is 0.223. The normalized spacial score (nSPS) is 12.9. The predicted octanol–water partition coefficient (Wildman–Crippen LogP) is 5.47. The maximum absolute atomic E-state index is 12.4. The second kappa shape index (κ2) is 5.40. The van der Waals surface area contributed by atoms with Crippen LogP contribution in [0.25, 0.3) is 21.7 Å². The highest BCUT2D eigenvalue weighted by Gasteiger charge is 2.28. The average molecular weight is 327 g/mol. The minimum Gasteiger partial charge on any atom is -0.444 e. The number of aryl methyl sites for hydroxylation is 1.